The molecule has 11 nitrogen and oxygen atoms in total. The quantitative estimate of drug-likeness (QED) is 0.279. The van der Waals surface area contributed by atoms with Crippen LogP contribution in [-0.4, -0.2) is 55.1 Å². The Morgan fingerprint density at radius 2 is 1.50 bits per heavy atom. The largest absolute Gasteiger partial charge is 0.466 e. The number of nitrogens with two attached hydrogens (primary N) is 1. The lowest BCUT2D eigenvalue weighted by molar-refractivity contribution is -0.157. The maximum absolute atomic E-state index is 12.9. The van der Waals surface area contributed by atoms with Crippen molar-refractivity contribution < 1.29 is 38.2 Å². The van der Waals surface area contributed by atoms with E-state index in [9.17, 15) is 24.0 Å². The van der Waals surface area contributed by atoms with Crippen LogP contribution in [0.2, 0.25) is 0 Å². The van der Waals surface area contributed by atoms with Gasteiger partial charge in [0.05, 0.1) is 25.6 Å². The second-order valence-electron chi connectivity index (χ2n) is 7.68. The molecule has 1 rings (SSSR count). The number of alkyl carbamates (subject to hydrolysis) is 1. The Morgan fingerprint density at radius 1 is 0.882 bits per heavy atom. The second kappa shape index (κ2) is 14.5. The van der Waals surface area contributed by atoms with E-state index in [4.69, 9.17) is 19.9 Å². The lowest BCUT2D eigenvalue weighted by Crippen LogP contribution is -2.58. The Bertz CT molecular complexity index is 844. The molecular weight excluding hydrogens is 446 g/mol. The highest BCUT2D eigenvalue weighted by atomic mass is 16.6. The molecule has 0 aliphatic carbocycles. The topological polar surface area (TPSA) is 163 Å². The summed E-state index contributed by atoms with van der Waals surface area (Å²) in [7, 11) is 0. The highest BCUT2D eigenvalue weighted by Gasteiger charge is 2.39. The molecule has 4 N–H and O–H groups in total. The van der Waals surface area contributed by atoms with Gasteiger partial charge in [0, 0.05) is 0 Å². The lowest BCUT2D eigenvalue weighted by atomic mass is 9.94. The molecule has 0 aliphatic heterocycles. The van der Waals surface area contributed by atoms with Crippen molar-refractivity contribution in [2.45, 2.75) is 52.8 Å². The van der Waals surface area contributed by atoms with Gasteiger partial charge in [0.1, 0.15) is 18.7 Å². The van der Waals surface area contributed by atoms with E-state index in [0.717, 1.165) is 5.56 Å². The van der Waals surface area contributed by atoms with Crippen LogP contribution in [0.5, 0.6) is 0 Å². The number of esters is 2. The summed E-state index contributed by atoms with van der Waals surface area (Å²) in [5, 5.41) is 4.82. The number of amides is 3. The van der Waals surface area contributed by atoms with Gasteiger partial charge in [0.15, 0.2) is 0 Å². The summed E-state index contributed by atoms with van der Waals surface area (Å²) in [5.74, 6) is -5.30. The van der Waals surface area contributed by atoms with Crippen LogP contribution in [0.15, 0.2) is 30.3 Å². The van der Waals surface area contributed by atoms with Crippen molar-refractivity contribution in [3.63, 3.8) is 0 Å². The number of carbonyl (C=O) groups excluding carboxylic acids is 5. The first-order chi connectivity index (χ1) is 16.1. The minimum Gasteiger partial charge on any atom is -0.466 e. The molecule has 0 bridgehead atoms. The molecule has 1 aromatic rings. The second-order valence-corrected chi connectivity index (χ2v) is 7.68. The Morgan fingerprint density at radius 3 is 2.03 bits per heavy atom. The van der Waals surface area contributed by atoms with E-state index in [0.29, 0.717) is 0 Å². The van der Waals surface area contributed by atoms with E-state index in [1.54, 1.807) is 52.0 Å². The van der Waals surface area contributed by atoms with Crippen molar-refractivity contribution in [3.05, 3.63) is 35.9 Å². The number of hydrogen-bond donors (Lipinski definition) is 3. The maximum Gasteiger partial charge on any atom is 0.408 e. The third-order valence-electron chi connectivity index (χ3n) is 4.72. The van der Waals surface area contributed by atoms with E-state index >= 15 is 0 Å². The van der Waals surface area contributed by atoms with Gasteiger partial charge >= 0.3 is 18.0 Å². The van der Waals surface area contributed by atoms with Crippen LogP contribution >= 0.6 is 0 Å². The normalized spacial score (nSPS) is 13.2. The Hall–Kier alpha value is -3.63. The van der Waals surface area contributed by atoms with Gasteiger partial charge in [-0.1, -0.05) is 44.2 Å². The molecule has 0 saturated carbocycles. The molecule has 0 spiro atoms. The Labute approximate surface area is 198 Å². The van der Waals surface area contributed by atoms with Gasteiger partial charge in [-0.15, -0.1) is 0 Å². The van der Waals surface area contributed by atoms with Crippen LogP contribution in [-0.2, 0) is 40.0 Å². The maximum atomic E-state index is 12.9. The molecule has 11 heteroatoms. The zero-order valence-electron chi connectivity index (χ0n) is 19.9. The third-order valence-corrected chi connectivity index (χ3v) is 4.72. The zero-order chi connectivity index (χ0) is 25.7. The highest BCUT2D eigenvalue weighted by molar-refractivity contribution is 5.94. The zero-order valence-corrected chi connectivity index (χ0v) is 19.9. The summed E-state index contributed by atoms with van der Waals surface area (Å²) in [6.07, 6.45) is -1.37. The minimum atomic E-state index is -1.57. The summed E-state index contributed by atoms with van der Waals surface area (Å²) >= 11 is 0. The average molecular weight is 480 g/mol. The van der Waals surface area contributed by atoms with Crippen molar-refractivity contribution in [2.75, 3.05) is 13.2 Å². The van der Waals surface area contributed by atoms with Gasteiger partial charge in [-0.2, -0.15) is 0 Å². The third kappa shape index (κ3) is 9.47. The van der Waals surface area contributed by atoms with E-state index in [-0.39, 0.29) is 19.8 Å². The van der Waals surface area contributed by atoms with Crippen LogP contribution in [0.3, 0.4) is 0 Å². The molecule has 0 unspecified atom stereocenters. The molecular formula is C23H33N3O8. The lowest BCUT2D eigenvalue weighted by Gasteiger charge is -2.27. The molecule has 0 aliphatic rings. The predicted molar refractivity (Wildman–Crippen MR) is 121 cm³/mol. The van der Waals surface area contributed by atoms with Crippen LogP contribution in [0.4, 0.5) is 4.79 Å². The van der Waals surface area contributed by atoms with Crippen molar-refractivity contribution in [2.24, 2.45) is 17.6 Å². The van der Waals surface area contributed by atoms with Gasteiger partial charge in [0.25, 0.3) is 0 Å². The van der Waals surface area contributed by atoms with Gasteiger partial charge in [-0.25, -0.2) is 4.79 Å². The average Bonchev–Trinajstić information content (AvgIpc) is 2.78. The van der Waals surface area contributed by atoms with Crippen LogP contribution < -0.4 is 16.4 Å². The molecule has 1 aromatic carbocycles. The fraction of sp³-hybridized carbons (Fsp3) is 0.522. The summed E-state index contributed by atoms with van der Waals surface area (Å²) in [6.45, 7) is 6.52. The Kier molecular flexibility index (Phi) is 12.1. The van der Waals surface area contributed by atoms with E-state index in [2.05, 4.69) is 10.6 Å². The number of rotatable bonds is 13. The Balaban J connectivity index is 2.95. The summed E-state index contributed by atoms with van der Waals surface area (Å²) in [5.41, 5.74) is 6.19. The van der Waals surface area contributed by atoms with E-state index in [1.807, 2.05) is 6.07 Å². The number of nitrogens with one attached hydrogen (secondary N) is 2. The first-order valence-corrected chi connectivity index (χ1v) is 11.0. The number of hydrogen-bond acceptors (Lipinski definition) is 8. The monoisotopic (exact) mass is 479 g/mol. The molecule has 0 aromatic heterocycles. The predicted octanol–water partition coefficient (Wildman–Crippen LogP) is 1.04. The van der Waals surface area contributed by atoms with Crippen molar-refractivity contribution in [1.82, 2.24) is 10.6 Å². The SMILES string of the molecule is CCOC(=O)C[C@@H](C(=O)OCC)[C@@H](NC(=O)[C@@H](NC(=O)OCc1ccccc1)C(C)C)C(N)=O. The molecule has 34 heavy (non-hydrogen) atoms. The smallest absolute Gasteiger partial charge is 0.408 e. The van der Waals surface area contributed by atoms with Crippen LogP contribution in [0.25, 0.3) is 0 Å². The summed E-state index contributed by atoms with van der Waals surface area (Å²) in [4.78, 5) is 61.8. The van der Waals surface area contributed by atoms with Crippen molar-refractivity contribution in [3.8, 4) is 0 Å². The van der Waals surface area contributed by atoms with Crippen molar-refractivity contribution in [1.29, 1.82) is 0 Å². The molecule has 3 atom stereocenters. The van der Waals surface area contributed by atoms with E-state index in [1.165, 1.54) is 0 Å². The summed E-state index contributed by atoms with van der Waals surface area (Å²) in [6, 6.07) is 6.27. The highest BCUT2D eigenvalue weighted by Crippen LogP contribution is 2.15. The molecule has 0 radical (unpaired) electrons. The van der Waals surface area contributed by atoms with Crippen LogP contribution in [0, 0.1) is 11.8 Å². The summed E-state index contributed by atoms with van der Waals surface area (Å²) < 4.78 is 15.0. The molecule has 0 heterocycles. The number of carbonyl (C=O) groups is 5. The standard InChI is InChI=1S/C23H33N3O8/c1-5-32-17(27)12-16(22(30)33-6-2)19(20(24)28)25-21(29)18(14(3)4)26-23(31)34-13-15-10-8-7-9-11-15/h7-11,14,16,18-19H,5-6,12-13H2,1-4H3,(H2,24,28)(H,25,29)(H,26,31)/t16-,18+,19-/m1/s1. The molecule has 0 fully saturated rings. The number of ether oxygens (including phenoxy) is 3. The molecule has 3 amide bonds. The number of primary amides is 1. The van der Waals surface area contributed by atoms with Gasteiger partial charge < -0.3 is 30.6 Å². The van der Waals surface area contributed by atoms with Gasteiger partial charge in [-0.05, 0) is 25.3 Å². The molecule has 0 saturated heterocycles. The van der Waals surface area contributed by atoms with E-state index < -0.39 is 60.2 Å². The fourth-order valence-electron chi connectivity index (χ4n) is 3.03. The molecule has 188 valence electrons. The van der Waals surface area contributed by atoms with Crippen LogP contribution in [0.1, 0.15) is 39.7 Å². The first-order valence-electron chi connectivity index (χ1n) is 11.0. The first kappa shape index (κ1) is 28.4. The van der Waals surface area contributed by atoms with Gasteiger partial charge in [0.2, 0.25) is 11.8 Å². The van der Waals surface area contributed by atoms with Gasteiger partial charge in [-0.3, -0.25) is 19.2 Å². The number of benzene rings is 1. The fourth-order valence-corrected chi connectivity index (χ4v) is 3.03. The minimum absolute atomic E-state index is 0.00646. The van der Waals surface area contributed by atoms with Crippen molar-refractivity contribution >= 4 is 29.8 Å².